The number of thioether (sulfide) groups is 1. The number of hydrogen-bond donors (Lipinski definition) is 1. The molecule has 0 atom stereocenters. The molecule has 1 heterocycles. The molecule has 0 saturated heterocycles. The van der Waals surface area contributed by atoms with Crippen LogP contribution in [0.25, 0.3) is 11.4 Å². The molecule has 24 heavy (non-hydrogen) atoms. The minimum Gasteiger partial charge on any atom is -0.325 e. The van der Waals surface area contributed by atoms with E-state index >= 15 is 0 Å². The summed E-state index contributed by atoms with van der Waals surface area (Å²) in [5.74, 6) is 0.274. The largest absolute Gasteiger partial charge is 0.325 e. The van der Waals surface area contributed by atoms with Crippen LogP contribution in [0.4, 0.5) is 10.1 Å². The maximum Gasteiger partial charge on any atom is 0.234 e. The summed E-state index contributed by atoms with van der Waals surface area (Å²) in [6.45, 7) is 2.01. The van der Waals surface area contributed by atoms with E-state index in [2.05, 4.69) is 14.7 Å². The average molecular weight is 359 g/mol. The fraction of sp³-hybridized carbons (Fsp3) is 0.118. The minimum atomic E-state index is -0.382. The van der Waals surface area contributed by atoms with Crippen molar-refractivity contribution in [3.05, 3.63) is 59.9 Å². The third-order valence-corrected chi connectivity index (χ3v) is 5.06. The Bertz CT molecular complexity index is 866. The van der Waals surface area contributed by atoms with Crippen LogP contribution < -0.4 is 5.32 Å². The number of aryl methyl sites for hydroxylation is 1. The second-order valence-corrected chi connectivity index (χ2v) is 7.02. The van der Waals surface area contributed by atoms with Crippen molar-refractivity contribution in [3.63, 3.8) is 0 Å². The van der Waals surface area contributed by atoms with Gasteiger partial charge in [0.1, 0.15) is 5.82 Å². The molecule has 1 aromatic heterocycles. The van der Waals surface area contributed by atoms with Crippen LogP contribution in [0.15, 0.2) is 52.9 Å². The van der Waals surface area contributed by atoms with E-state index in [-0.39, 0.29) is 17.5 Å². The lowest BCUT2D eigenvalue weighted by atomic mass is 10.1. The zero-order valence-corrected chi connectivity index (χ0v) is 14.5. The molecular weight excluding hydrogens is 345 g/mol. The van der Waals surface area contributed by atoms with Crippen molar-refractivity contribution in [1.82, 2.24) is 9.36 Å². The molecule has 3 rings (SSSR count). The van der Waals surface area contributed by atoms with E-state index in [1.165, 1.54) is 35.4 Å². The summed E-state index contributed by atoms with van der Waals surface area (Å²) in [5.41, 5.74) is 2.54. The molecule has 0 unspecified atom stereocenters. The molecule has 7 heteroatoms. The van der Waals surface area contributed by atoms with Crippen molar-refractivity contribution < 1.29 is 9.18 Å². The average Bonchev–Trinajstić information content (AvgIpc) is 3.02. The van der Waals surface area contributed by atoms with Gasteiger partial charge in [0.05, 0.1) is 5.75 Å². The third kappa shape index (κ3) is 4.18. The van der Waals surface area contributed by atoms with Gasteiger partial charge in [0.15, 0.2) is 10.2 Å². The van der Waals surface area contributed by atoms with Gasteiger partial charge < -0.3 is 5.32 Å². The van der Waals surface area contributed by atoms with E-state index in [0.717, 1.165) is 15.5 Å². The maximum absolute atomic E-state index is 13.1. The number of aromatic nitrogens is 2. The Labute approximate surface area is 147 Å². The highest BCUT2D eigenvalue weighted by molar-refractivity contribution is 8.01. The molecule has 0 saturated carbocycles. The van der Waals surface area contributed by atoms with Crippen LogP contribution >= 0.6 is 23.3 Å². The van der Waals surface area contributed by atoms with Crippen LogP contribution in [0.5, 0.6) is 0 Å². The fourth-order valence-corrected chi connectivity index (χ4v) is 3.50. The predicted octanol–water partition coefficient (Wildman–Crippen LogP) is 4.38. The lowest BCUT2D eigenvalue weighted by molar-refractivity contribution is -0.113. The maximum atomic E-state index is 13.1. The van der Waals surface area contributed by atoms with Crippen LogP contribution in [0.3, 0.4) is 0 Å². The van der Waals surface area contributed by atoms with Gasteiger partial charge in [0.2, 0.25) is 5.91 Å². The van der Waals surface area contributed by atoms with E-state index in [4.69, 9.17) is 0 Å². The van der Waals surface area contributed by atoms with E-state index in [9.17, 15) is 9.18 Å². The summed E-state index contributed by atoms with van der Waals surface area (Å²) in [7, 11) is 0. The van der Waals surface area contributed by atoms with Gasteiger partial charge in [-0.25, -0.2) is 9.37 Å². The number of rotatable bonds is 5. The number of carbonyl (C=O) groups excluding carboxylic acids is 1. The quantitative estimate of drug-likeness (QED) is 0.687. The highest BCUT2D eigenvalue weighted by atomic mass is 32.2. The highest BCUT2D eigenvalue weighted by Crippen LogP contribution is 2.27. The minimum absolute atomic E-state index is 0.193. The molecule has 2 aromatic carbocycles. The predicted molar refractivity (Wildman–Crippen MR) is 95.8 cm³/mol. The topological polar surface area (TPSA) is 54.9 Å². The molecule has 122 valence electrons. The molecule has 0 radical (unpaired) electrons. The van der Waals surface area contributed by atoms with Gasteiger partial charge in [0, 0.05) is 11.3 Å². The van der Waals surface area contributed by atoms with Crippen molar-refractivity contribution in [2.24, 2.45) is 0 Å². The van der Waals surface area contributed by atoms with Crippen LogP contribution in [-0.4, -0.2) is 21.0 Å². The van der Waals surface area contributed by atoms with Crippen molar-refractivity contribution in [1.29, 1.82) is 0 Å². The number of nitrogens with one attached hydrogen (secondary N) is 1. The van der Waals surface area contributed by atoms with Crippen molar-refractivity contribution in [2.45, 2.75) is 11.3 Å². The van der Waals surface area contributed by atoms with Crippen molar-refractivity contribution in [2.75, 3.05) is 11.1 Å². The molecule has 0 aliphatic heterocycles. The second-order valence-electron chi connectivity index (χ2n) is 5.05. The number of halogens is 1. The Hall–Kier alpha value is -2.25. The van der Waals surface area contributed by atoms with E-state index in [0.29, 0.717) is 11.5 Å². The number of anilines is 1. The number of carbonyl (C=O) groups is 1. The molecule has 0 spiro atoms. The van der Waals surface area contributed by atoms with Gasteiger partial charge in [-0.05, 0) is 42.2 Å². The molecule has 0 fully saturated rings. The van der Waals surface area contributed by atoms with Gasteiger partial charge in [-0.15, -0.1) is 0 Å². The summed E-state index contributed by atoms with van der Waals surface area (Å²) in [4.78, 5) is 16.4. The molecule has 1 amide bonds. The first-order chi connectivity index (χ1) is 11.6. The number of amides is 1. The van der Waals surface area contributed by atoms with E-state index in [1.54, 1.807) is 12.1 Å². The van der Waals surface area contributed by atoms with E-state index in [1.807, 2.05) is 31.2 Å². The van der Waals surface area contributed by atoms with Crippen LogP contribution in [-0.2, 0) is 4.79 Å². The molecule has 0 bridgehead atoms. The first kappa shape index (κ1) is 16.6. The number of benzene rings is 2. The summed E-state index contributed by atoms with van der Waals surface area (Å²) in [6, 6.07) is 13.7. The van der Waals surface area contributed by atoms with Crippen molar-refractivity contribution >= 4 is 34.9 Å². The van der Waals surface area contributed by atoms with Gasteiger partial charge in [-0.2, -0.15) is 4.37 Å². The third-order valence-electron chi connectivity index (χ3n) is 3.23. The Morgan fingerprint density at radius 1 is 1.25 bits per heavy atom. The Kier molecular flexibility index (Phi) is 5.22. The van der Waals surface area contributed by atoms with Gasteiger partial charge >= 0.3 is 0 Å². The second kappa shape index (κ2) is 7.55. The molecule has 4 nitrogen and oxygen atoms in total. The standard InChI is InChI=1S/C17H14FN3OS2/c1-11-5-2-3-8-14(11)16-20-17(24-21-16)23-10-15(22)19-13-7-4-6-12(18)9-13/h2-9H,10H2,1H3,(H,19,22). The van der Waals surface area contributed by atoms with Gasteiger partial charge in [-0.1, -0.05) is 42.1 Å². The number of nitrogens with zero attached hydrogens (tertiary/aromatic N) is 2. The Morgan fingerprint density at radius 2 is 2.08 bits per heavy atom. The summed E-state index contributed by atoms with van der Waals surface area (Å²) < 4.78 is 18.2. The molecule has 3 aromatic rings. The summed E-state index contributed by atoms with van der Waals surface area (Å²) in [6.07, 6.45) is 0. The first-order valence-electron chi connectivity index (χ1n) is 7.20. The fourth-order valence-electron chi connectivity index (χ4n) is 2.09. The smallest absolute Gasteiger partial charge is 0.234 e. The molecule has 1 N–H and O–H groups in total. The lowest BCUT2D eigenvalue weighted by Crippen LogP contribution is -2.13. The Balaban J connectivity index is 1.59. The van der Waals surface area contributed by atoms with Crippen molar-refractivity contribution in [3.8, 4) is 11.4 Å². The van der Waals surface area contributed by atoms with Crippen LogP contribution in [0.2, 0.25) is 0 Å². The summed E-state index contributed by atoms with van der Waals surface area (Å²) in [5, 5.41) is 2.66. The lowest BCUT2D eigenvalue weighted by Gasteiger charge is -2.03. The van der Waals surface area contributed by atoms with Crippen LogP contribution in [0.1, 0.15) is 5.56 Å². The zero-order valence-electron chi connectivity index (χ0n) is 12.8. The van der Waals surface area contributed by atoms with Gasteiger partial charge in [-0.3, -0.25) is 4.79 Å². The van der Waals surface area contributed by atoms with Gasteiger partial charge in [0.25, 0.3) is 0 Å². The molecule has 0 aliphatic carbocycles. The highest BCUT2D eigenvalue weighted by Gasteiger charge is 2.11. The zero-order chi connectivity index (χ0) is 16.9. The van der Waals surface area contributed by atoms with Crippen LogP contribution in [0, 0.1) is 12.7 Å². The monoisotopic (exact) mass is 359 g/mol. The molecule has 0 aliphatic rings. The SMILES string of the molecule is Cc1ccccc1-c1nsc(SCC(=O)Nc2cccc(F)c2)n1. The first-order valence-corrected chi connectivity index (χ1v) is 8.95. The normalized spacial score (nSPS) is 10.6. The van der Waals surface area contributed by atoms with E-state index < -0.39 is 0 Å². The Morgan fingerprint density at radius 3 is 2.88 bits per heavy atom. The summed E-state index contributed by atoms with van der Waals surface area (Å²) >= 11 is 2.58. The number of hydrogen-bond acceptors (Lipinski definition) is 5. The molecular formula is C17H14FN3OS2.